The molecular weight excluding hydrogens is 300 g/mol. The van der Waals surface area contributed by atoms with Crippen LogP contribution >= 0.6 is 15.9 Å². The van der Waals surface area contributed by atoms with Crippen LogP contribution in [0.3, 0.4) is 0 Å². The van der Waals surface area contributed by atoms with Gasteiger partial charge in [-0.15, -0.1) is 5.10 Å². The topological polar surface area (TPSA) is 73.8 Å². The van der Waals surface area contributed by atoms with Crippen LogP contribution in [0.1, 0.15) is 23.9 Å². The van der Waals surface area contributed by atoms with Crippen molar-refractivity contribution in [1.82, 2.24) is 15.0 Å². The first kappa shape index (κ1) is 12.7. The molecule has 1 unspecified atom stereocenters. The highest BCUT2D eigenvalue weighted by Crippen LogP contribution is 2.26. The summed E-state index contributed by atoms with van der Waals surface area (Å²) in [6, 6.07) is 6.45. The van der Waals surface area contributed by atoms with Crippen LogP contribution in [0, 0.1) is 10.1 Å². The number of nitro benzene ring substituents is 1. The van der Waals surface area contributed by atoms with Crippen molar-refractivity contribution in [3.63, 3.8) is 0 Å². The Kier molecular flexibility index (Phi) is 3.71. The van der Waals surface area contributed by atoms with E-state index in [0.717, 1.165) is 12.1 Å². The standard InChI is InChI=1S/C11H11BrN4O2/c1-2-8(12)9-7-15(14-13-9)10-5-3-4-6-11(10)16(17)18/h3-8H,2H2,1H3. The predicted molar refractivity (Wildman–Crippen MR) is 70.0 cm³/mol. The molecule has 2 aromatic rings. The van der Waals surface area contributed by atoms with Crippen molar-refractivity contribution in [3.8, 4) is 5.69 Å². The Hall–Kier alpha value is -1.76. The van der Waals surface area contributed by atoms with Gasteiger partial charge in [0.15, 0.2) is 0 Å². The number of nitrogens with zero attached hydrogens (tertiary/aromatic N) is 4. The van der Waals surface area contributed by atoms with Crippen LogP contribution in [0.15, 0.2) is 30.5 Å². The second-order valence-corrected chi connectivity index (χ2v) is 4.81. The molecule has 1 heterocycles. The van der Waals surface area contributed by atoms with Crippen LogP contribution in [0.25, 0.3) is 5.69 Å². The van der Waals surface area contributed by atoms with E-state index in [2.05, 4.69) is 26.2 Å². The molecule has 0 fully saturated rings. The Labute approximate surface area is 112 Å². The minimum absolute atomic E-state index is 0.0107. The number of para-hydroxylation sites is 2. The van der Waals surface area contributed by atoms with Crippen molar-refractivity contribution in [2.75, 3.05) is 0 Å². The van der Waals surface area contributed by atoms with Crippen molar-refractivity contribution in [2.45, 2.75) is 18.2 Å². The van der Waals surface area contributed by atoms with E-state index in [-0.39, 0.29) is 10.5 Å². The fourth-order valence-electron chi connectivity index (χ4n) is 1.56. The SMILES string of the molecule is CCC(Br)c1cn(-c2ccccc2[N+](=O)[O-])nn1. The minimum Gasteiger partial charge on any atom is -0.258 e. The van der Waals surface area contributed by atoms with Gasteiger partial charge in [0.2, 0.25) is 0 Å². The summed E-state index contributed by atoms with van der Waals surface area (Å²) < 4.78 is 1.43. The number of aromatic nitrogens is 3. The molecule has 0 saturated carbocycles. The summed E-state index contributed by atoms with van der Waals surface area (Å²) in [7, 11) is 0. The van der Waals surface area contributed by atoms with Crippen molar-refractivity contribution in [2.24, 2.45) is 0 Å². The van der Waals surface area contributed by atoms with Crippen molar-refractivity contribution < 1.29 is 4.92 Å². The Morgan fingerprint density at radius 2 is 2.22 bits per heavy atom. The average molecular weight is 311 g/mol. The Morgan fingerprint density at radius 1 is 1.50 bits per heavy atom. The van der Waals surface area contributed by atoms with Gasteiger partial charge in [-0.25, -0.2) is 4.68 Å². The zero-order chi connectivity index (χ0) is 13.1. The largest absolute Gasteiger partial charge is 0.294 e. The van der Waals surface area contributed by atoms with Crippen molar-refractivity contribution in [3.05, 3.63) is 46.3 Å². The fourth-order valence-corrected chi connectivity index (χ4v) is 1.77. The number of rotatable bonds is 4. The molecule has 0 aliphatic carbocycles. The van der Waals surface area contributed by atoms with E-state index < -0.39 is 4.92 Å². The third-order valence-corrected chi connectivity index (χ3v) is 3.63. The summed E-state index contributed by atoms with van der Waals surface area (Å²) in [5.74, 6) is 0. The summed E-state index contributed by atoms with van der Waals surface area (Å²) in [6.07, 6.45) is 2.57. The van der Waals surface area contributed by atoms with Gasteiger partial charge in [0.1, 0.15) is 5.69 Å². The van der Waals surface area contributed by atoms with Crippen LogP contribution in [0.5, 0.6) is 0 Å². The van der Waals surface area contributed by atoms with Gasteiger partial charge in [0.05, 0.1) is 21.6 Å². The third kappa shape index (κ3) is 2.40. The van der Waals surface area contributed by atoms with Crippen molar-refractivity contribution in [1.29, 1.82) is 0 Å². The van der Waals surface area contributed by atoms with Crippen LogP contribution in [0.2, 0.25) is 0 Å². The Balaban J connectivity index is 2.43. The second kappa shape index (κ2) is 5.26. The van der Waals surface area contributed by atoms with Crippen LogP contribution in [-0.4, -0.2) is 19.9 Å². The molecule has 1 atom stereocenters. The summed E-state index contributed by atoms with van der Waals surface area (Å²) in [5.41, 5.74) is 1.18. The van der Waals surface area contributed by atoms with E-state index in [9.17, 15) is 10.1 Å². The van der Waals surface area contributed by atoms with Crippen LogP contribution in [-0.2, 0) is 0 Å². The molecule has 0 radical (unpaired) electrons. The lowest BCUT2D eigenvalue weighted by atomic mass is 10.2. The van der Waals surface area contributed by atoms with E-state index in [1.807, 2.05) is 6.92 Å². The van der Waals surface area contributed by atoms with Gasteiger partial charge in [-0.2, -0.15) is 0 Å². The smallest absolute Gasteiger partial charge is 0.258 e. The number of benzene rings is 1. The highest BCUT2D eigenvalue weighted by atomic mass is 79.9. The number of alkyl halides is 1. The normalized spacial score (nSPS) is 12.3. The van der Waals surface area contributed by atoms with E-state index in [1.54, 1.807) is 24.4 Å². The summed E-state index contributed by atoms with van der Waals surface area (Å²) in [6.45, 7) is 2.02. The van der Waals surface area contributed by atoms with Crippen LogP contribution < -0.4 is 0 Å². The van der Waals surface area contributed by atoms with E-state index in [4.69, 9.17) is 0 Å². The Bertz CT molecular complexity index is 570. The number of hydrogen-bond acceptors (Lipinski definition) is 4. The van der Waals surface area contributed by atoms with Gasteiger partial charge in [0, 0.05) is 6.07 Å². The molecular formula is C11H11BrN4O2. The van der Waals surface area contributed by atoms with Crippen molar-refractivity contribution >= 4 is 21.6 Å². The molecule has 0 N–H and O–H groups in total. The number of nitro groups is 1. The molecule has 18 heavy (non-hydrogen) atoms. The monoisotopic (exact) mass is 310 g/mol. The average Bonchev–Trinajstić information content (AvgIpc) is 2.87. The number of hydrogen-bond donors (Lipinski definition) is 0. The zero-order valence-electron chi connectivity index (χ0n) is 9.65. The fraction of sp³-hybridized carbons (Fsp3) is 0.273. The van der Waals surface area contributed by atoms with Gasteiger partial charge in [-0.1, -0.05) is 40.2 Å². The molecule has 0 spiro atoms. The maximum atomic E-state index is 10.9. The third-order valence-electron chi connectivity index (χ3n) is 2.52. The first-order valence-corrected chi connectivity index (χ1v) is 6.35. The summed E-state index contributed by atoms with van der Waals surface area (Å²) >= 11 is 3.47. The predicted octanol–water partition coefficient (Wildman–Crippen LogP) is 3.02. The van der Waals surface area contributed by atoms with Crippen LogP contribution in [0.4, 0.5) is 5.69 Å². The quantitative estimate of drug-likeness (QED) is 0.494. The maximum Gasteiger partial charge on any atom is 0.294 e. The molecule has 0 bridgehead atoms. The second-order valence-electron chi connectivity index (χ2n) is 3.71. The van der Waals surface area contributed by atoms with Gasteiger partial charge >= 0.3 is 0 Å². The molecule has 1 aromatic heterocycles. The summed E-state index contributed by atoms with van der Waals surface area (Å²) in [5, 5.41) is 18.9. The highest BCUT2D eigenvalue weighted by molar-refractivity contribution is 9.09. The van der Waals surface area contributed by atoms with E-state index in [1.165, 1.54) is 10.7 Å². The highest BCUT2D eigenvalue weighted by Gasteiger charge is 2.17. The molecule has 2 rings (SSSR count). The van der Waals surface area contributed by atoms with E-state index >= 15 is 0 Å². The lowest BCUT2D eigenvalue weighted by Crippen LogP contribution is -2.00. The Morgan fingerprint density at radius 3 is 2.89 bits per heavy atom. The van der Waals surface area contributed by atoms with Gasteiger partial charge < -0.3 is 0 Å². The lowest BCUT2D eigenvalue weighted by Gasteiger charge is -2.01. The maximum absolute atomic E-state index is 10.9. The van der Waals surface area contributed by atoms with Gasteiger partial charge in [0.25, 0.3) is 5.69 Å². The molecule has 94 valence electrons. The summed E-state index contributed by atoms with van der Waals surface area (Å²) in [4.78, 5) is 10.6. The number of halogens is 1. The van der Waals surface area contributed by atoms with E-state index in [0.29, 0.717) is 5.69 Å². The minimum atomic E-state index is -0.428. The van der Waals surface area contributed by atoms with Gasteiger partial charge in [-0.3, -0.25) is 10.1 Å². The molecule has 0 aliphatic heterocycles. The lowest BCUT2D eigenvalue weighted by molar-refractivity contribution is -0.384. The zero-order valence-corrected chi connectivity index (χ0v) is 11.2. The first-order chi connectivity index (χ1) is 8.63. The molecule has 0 saturated heterocycles. The molecule has 1 aromatic carbocycles. The first-order valence-electron chi connectivity index (χ1n) is 5.43. The molecule has 0 amide bonds. The molecule has 6 nitrogen and oxygen atoms in total. The van der Waals surface area contributed by atoms with Gasteiger partial charge in [-0.05, 0) is 12.5 Å². The molecule has 0 aliphatic rings. The molecule has 7 heteroatoms.